The molecule has 0 saturated carbocycles. The molecule has 0 fully saturated rings. The lowest BCUT2D eigenvalue weighted by Crippen LogP contribution is -2.41. The summed E-state index contributed by atoms with van der Waals surface area (Å²) in [7, 11) is -4.06. The average molecular weight is 408 g/mol. The van der Waals surface area contributed by atoms with E-state index in [0.29, 0.717) is 0 Å². The first-order valence-corrected chi connectivity index (χ1v) is 9.31. The van der Waals surface area contributed by atoms with Crippen molar-refractivity contribution in [2.24, 2.45) is 0 Å². The molecule has 12 heteroatoms. The SMILES string of the molecule is CCOC(=O)NNC(=O)c1ccc(NS(=O)(=O)c2cccc([N+](=O)[O-])c2)cc1. The van der Waals surface area contributed by atoms with Crippen LogP contribution in [0, 0.1) is 10.1 Å². The Morgan fingerprint density at radius 2 is 1.79 bits per heavy atom. The third-order valence-electron chi connectivity index (χ3n) is 3.29. The second-order valence-electron chi connectivity index (χ2n) is 5.24. The van der Waals surface area contributed by atoms with E-state index in [4.69, 9.17) is 0 Å². The van der Waals surface area contributed by atoms with Gasteiger partial charge >= 0.3 is 6.09 Å². The highest BCUT2D eigenvalue weighted by molar-refractivity contribution is 7.92. The molecule has 3 N–H and O–H groups in total. The molecule has 148 valence electrons. The van der Waals surface area contributed by atoms with E-state index in [2.05, 4.69) is 14.9 Å². The van der Waals surface area contributed by atoms with Gasteiger partial charge in [-0.25, -0.2) is 18.6 Å². The fourth-order valence-corrected chi connectivity index (χ4v) is 3.11. The first-order chi connectivity index (χ1) is 13.2. The van der Waals surface area contributed by atoms with Gasteiger partial charge < -0.3 is 4.74 Å². The average Bonchev–Trinajstić information content (AvgIpc) is 2.66. The monoisotopic (exact) mass is 408 g/mol. The molecule has 2 amide bonds. The van der Waals surface area contributed by atoms with Crippen molar-refractivity contribution in [2.45, 2.75) is 11.8 Å². The van der Waals surface area contributed by atoms with Crippen LogP contribution in [0.15, 0.2) is 53.4 Å². The topological polar surface area (TPSA) is 157 Å². The molecule has 0 atom stereocenters. The van der Waals surface area contributed by atoms with Gasteiger partial charge in [-0.05, 0) is 37.3 Å². The second kappa shape index (κ2) is 8.81. The second-order valence-corrected chi connectivity index (χ2v) is 6.92. The maximum Gasteiger partial charge on any atom is 0.426 e. The molecule has 0 unspecified atom stereocenters. The number of nitrogens with one attached hydrogen (secondary N) is 3. The fourth-order valence-electron chi connectivity index (χ4n) is 2.02. The summed E-state index contributed by atoms with van der Waals surface area (Å²) in [5.74, 6) is -0.638. The van der Waals surface area contributed by atoms with Crippen molar-refractivity contribution < 1.29 is 27.7 Å². The van der Waals surface area contributed by atoms with Gasteiger partial charge in [-0.15, -0.1) is 0 Å². The lowest BCUT2D eigenvalue weighted by Gasteiger charge is -2.10. The molecular weight excluding hydrogens is 392 g/mol. The molecule has 2 rings (SSSR count). The first-order valence-electron chi connectivity index (χ1n) is 7.83. The van der Waals surface area contributed by atoms with Crippen LogP contribution in [0.3, 0.4) is 0 Å². The summed E-state index contributed by atoms with van der Waals surface area (Å²) in [6, 6.07) is 9.90. The Bertz CT molecular complexity index is 990. The van der Waals surface area contributed by atoms with Gasteiger partial charge in [-0.2, -0.15) is 0 Å². The Kier molecular flexibility index (Phi) is 6.50. The maximum absolute atomic E-state index is 12.4. The van der Waals surface area contributed by atoms with Crippen LogP contribution in [0.4, 0.5) is 16.2 Å². The summed E-state index contributed by atoms with van der Waals surface area (Å²) < 4.78 is 31.6. The van der Waals surface area contributed by atoms with E-state index in [9.17, 15) is 28.1 Å². The van der Waals surface area contributed by atoms with Crippen molar-refractivity contribution in [1.29, 1.82) is 0 Å². The molecule has 0 saturated heterocycles. The Morgan fingerprint density at radius 3 is 2.39 bits per heavy atom. The van der Waals surface area contributed by atoms with E-state index < -0.39 is 26.9 Å². The lowest BCUT2D eigenvalue weighted by atomic mass is 10.2. The van der Waals surface area contributed by atoms with Crippen molar-refractivity contribution in [3.8, 4) is 0 Å². The summed E-state index contributed by atoms with van der Waals surface area (Å²) in [6.45, 7) is 1.75. The summed E-state index contributed by atoms with van der Waals surface area (Å²) in [5, 5.41) is 10.8. The number of hydrazine groups is 1. The largest absolute Gasteiger partial charge is 0.449 e. The molecule has 0 aromatic heterocycles. The minimum absolute atomic E-state index is 0.140. The molecule has 28 heavy (non-hydrogen) atoms. The highest BCUT2D eigenvalue weighted by Gasteiger charge is 2.18. The van der Waals surface area contributed by atoms with Crippen LogP contribution in [0.1, 0.15) is 17.3 Å². The number of carbonyl (C=O) groups excluding carboxylic acids is 2. The zero-order valence-electron chi connectivity index (χ0n) is 14.5. The van der Waals surface area contributed by atoms with Crippen molar-refractivity contribution in [3.63, 3.8) is 0 Å². The van der Waals surface area contributed by atoms with E-state index in [0.717, 1.165) is 6.07 Å². The van der Waals surface area contributed by atoms with E-state index in [-0.39, 0.29) is 28.4 Å². The number of nitrogens with zero attached hydrogens (tertiary/aromatic N) is 1. The third kappa shape index (κ3) is 5.41. The quantitative estimate of drug-likeness (QED) is 0.486. The molecular formula is C16H16N4O7S. The van der Waals surface area contributed by atoms with Crippen LogP contribution in [0.2, 0.25) is 0 Å². The molecule has 0 aliphatic rings. The maximum atomic E-state index is 12.4. The van der Waals surface area contributed by atoms with Gasteiger partial charge in [0.25, 0.3) is 21.6 Å². The summed E-state index contributed by atoms with van der Waals surface area (Å²) in [4.78, 5) is 32.8. The molecule has 0 heterocycles. The number of benzene rings is 2. The number of amides is 2. The minimum Gasteiger partial charge on any atom is -0.449 e. The first kappa shape index (κ1) is 20.6. The lowest BCUT2D eigenvalue weighted by molar-refractivity contribution is -0.385. The molecule has 2 aromatic rings. The summed E-state index contributed by atoms with van der Waals surface area (Å²) in [6.07, 6.45) is -0.822. The normalized spacial score (nSPS) is 10.6. The number of rotatable bonds is 6. The van der Waals surface area contributed by atoms with E-state index in [1.54, 1.807) is 6.92 Å². The molecule has 0 radical (unpaired) electrons. The molecule has 2 aromatic carbocycles. The summed E-state index contributed by atoms with van der Waals surface area (Å²) in [5.41, 5.74) is 4.10. The molecule has 0 bridgehead atoms. The Morgan fingerprint density at radius 1 is 1.11 bits per heavy atom. The Hall–Kier alpha value is -3.67. The van der Waals surface area contributed by atoms with Gasteiger partial charge in [-0.3, -0.25) is 25.1 Å². The fraction of sp³-hybridized carbons (Fsp3) is 0.125. The zero-order valence-corrected chi connectivity index (χ0v) is 15.4. The third-order valence-corrected chi connectivity index (χ3v) is 4.67. The number of carbonyl (C=O) groups is 2. The number of nitro groups is 1. The van der Waals surface area contributed by atoms with Gasteiger partial charge in [0.15, 0.2) is 0 Å². The highest BCUT2D eigenvalue weighted by Crippen LogP contribution is 2.20. The van der Waals surface area contributed by atoms with Gasteiger partial charge in [0.2, 0.25) is 0 Å². The van der Waals surface area contributed by atoms with E-state index >= 15 is 0 Å². The highest BCUT2D eigenvalue weighted by atomic mass is 32.2. The Labute approximate surface area is 159 Å². The number of hydrogen-bond acceptors (Lipinski definition) is 7. The van der Waals surface area contributed by atoms with Crippen LogP contribution in [0.5, 0.6) is 0 Å². The van der Waals surface area contributed by atoms with Crippen molar-refractivity contribution >= 4 is 33.4 Å². The van der Waals surface area contributed by atoms with Gasteiger partial charge in [0, 0.05) is 23.4 Å². The van der Waals surface area contributed by atoms with Crippen LogP contribution in [-0.4, -0.2) is 31.9 Å². The number of sulfonamides is 1. The van der Waals surface area contributed by atoms with Crippen molar-refractivity contribution in [3.05, 3.63) is 64.2 Å². The molecule has 11 nitrogen and oxygen atoms in total. The predicted molar refractivity (Wildman–Crippen MR) is 98.0 cm³/mol. The van der Waals surface area contributed by atoms with E-state index in [1.165, 1.54) is 42.5 Å². The van der Waals surface area contributed by atoms with Gasteiger partial charge in [-0.1, -0.05) is 6.07 Å². The number of anilines is 1. The molecule has 0 aliphatic heterocycles. The van der Waals surface area contributed by atoms with Crippen LogP contribution in [0.25, 0.3) is 0 Å². The van der Waals surface area contributed by atoms with Gasteiger partial charge in [0.1, 0.15) is 0 Å². The predicted octanol–water partition coefficient (Wildman–Crippen LogP) is 1.79. The van der Waals surface area contributed by atoms with Crippen LogP contribution >= 0.6 is 0 Å². The minimum atomic E-state index is -4.06. The smallest absolute Gasteiger partial charge is 0.426 e. The van der Waals surface area contributed by atoms with E-state index in [1.807, 2.05) is 5.43 Å². The number of hydrogen-bond donors (Lipinski definition) is 3. The van der Waals surface area contributed by atoms with Crippen molar-refractivity contribution in [2.75, 3.05) is 11.3 Å². The van der Waals surface area contributed by atoms with Crippen LogP contribution < -0.4 is 15.6 Å². The number of ether oxygens (including phenoxy) is 1. The number of nitro benzene ring substituents is 1. The molecule has 0 aliphatic carbocycles. The number of non-ortho nitro benzene ring substituents is 1. The molecule has 0 spiro atoms. The van der Waals surface area contributed by atoms with Gasteiger partial charge in [0.05, 0.1) is 16.4 Å². The van der Waals surface area contributed by atoms with Crippen molar-refractivity contribution in [1.82, 2.24) is 10.9 Å². The summed E-state index contributed by atoms with van der Waals surface area (Å²) >= 11 is 0. The van der Waals surface area contributed by atoms with Crippen LogP contribution in [-0.2, 0) is 14.8 Å². The Balaban J connectivity index is 2.07. The zero-order chi connectivity index (χ0) is 20.7. The standard InChI is InChI=1S/C16H16N4O7S/c1-2-27-16(22)18-17-15(21)11-6-8-12(9-7-11)19-28(25,26)14-5-3-4-13(10-14)20(23)24/h3-10,19H,2H2,1H3,(H,17,21)(H,18,22).